The van der Waals surface area contributed by atoms with Crippen molar-refractivity contribution in [2.75, 3.05) is 6.54 Å². The Morgan fingerprint density at radius 2 is 1.86 bits per heavy atom. The molecular weight excluding hydrogens is 265 g/mol. The Morgan fingerprint density at radius 3 is 2.43 bits per heavy atom. The van der Waals surface area contributed by atoms with E-state index >= 15 is 0 Å². The molecule has 0 amide bonds. The molecular formula is C18H30FNO. The van der Waals surface area contributed by atoms with E-state index < -0.39 is 0 Å². The minimum Gasteiger partial charge on any atom is -0.490 e. The van der Waals surface area contributed by atoms with Gasteiger partial charge in [-0.05, 0) is 63.8 Å². The second-order valence-corrected chi connectivity index (χ2v) is 6.37. The number of benzene rings is 1. The minimum atomic E-state index is -0.168. The molecule has 2 nitrogen and oxygen atoms in total. The molecule has 0 saturated heterocycles. The lowest BCUT2D eigenvalue weighted by Crippen LogP contribution is -2.22. The Labute approximate surface area is 129 Å². The van der Waals surface area contributed by atoms with Gasteiger partial charge in [-0.1, -0.05) is 20.8 Å². The van der Waals surface area contributed by atoms with Gasteiger partial charge >= 0.3 is 0 Å². The zero-order valence-corrected chi connectivity index (χ0v) is 14.3. The van der Waals surface area contributed by atoms with Gasteiger partial charge in [0.05, 0.1) is 6.10 Å². The molecule has 0 aliphatic heterocycles. The van der Waals surface area contributed by atoms with Gasteiger partial charge in [0.15, 0.2) is 0 Å². The molecule has 21 heavy (non-hydrogen) atoms. The lowest BCUT2D eigenvalue weighted by atomic mass is 10.0. The SMILES string of the molecule is CCCNC(C)c1cc(F)c(C)cc1OC(C)CC(C)C. The highest BCUT2D eigenvalue weighted by Crippen LogP contribution is 2.30. The van der Waals surface area contributed by atoms with E-state index in [-0.39, 0.29) is 18.0 Å². The highest BCUT2D eigenvalue weighted by Gasteiger charge is 2.17. The number of halogens is 1. The third-order valence-corrected chi connectivity index (χ3v) is 3.59. The van der Waals surface area contributed by atoms with Gasteiger partial charge in [-0.3, -0.25) is 0 Å². The van der Waals surface area contributed by atoms with Crippen molar-refractivity contribution in [1.82, 2.24) is 5.32 Å². The molecule has 1 rings (SSSR count). The van der Waals surface area contributed by atoms with Crippen LogP contribution in [0, 0.1) is 18.7 Å². The number of nitrogens with one attached hydrogen (secondary N) is 1. The van der Waals surface area contributed by atoms with Crippen molar-refractivity contribution in [3.63, 3.8) is 0 Å². The number of ether oxygens (including phenoxy) is 1. The maximum atomic E-state index is 13.9. The van der Waals surface area contributed by atoms with Crippen molar-refractivity contribution in [1.29, 1.82) is 0 Å². The maximum absolute atomic E-state index is 13.9. The van der Waals surface area contributed by atoms with Gasteiger partial charge in [-0.25, -0.2) is 4.39 Å². The molecule has 120 valence electrons. The van der Waals surface area contributed by atoms with Crippen molar-refractivity contribution in [2.24, 2.45) is 5.92 Å². The predicted octanol–water partition coefficient (Wildman–Crippen LogP) is 5.01. The molecule has 0 saturated carbocycles. The fraction of sp³-hybridized carbons (Fsp3) is 0.667. The first kappa shape index (κ1) is 18.0. The summed E-state index contributed by atoms with van der Waals surface area (Å²) in [6, 6.07) is 3.52. The van der Waals surface area contributed by atoms with Crippen LogP contribution in [-0.2, 0) is 0 Å². The minimum absolute atomic E-state index is 0.0845. The van der Waals surface area contributed by atoms with Crippen LogP contribution in [0.25, 0.3) is 0 Å². The zero-order chi connectivity index (χ0) is 16.0. The largest absolute Gasteiger partial charge is 0.490 e. The maximum Gasteiger partial charge on any atom is 0.126 e. The van der Waals surface area contributed by atoms with Crippen molar-refractivity contribution >= 4 is 0 Å². The van der Waals surface area contributed by atoms with Gasteiger partial charge in [-0.15, -0.1) is 0 Å². The van der Waals surface area contributed by atoms with Gasteiger partial charge in [0.2, 0.25) is 0 Å². The molecule has 2 atom stereocenters. The van der Waals surface area contributed by atoms with Gasteiger partial charge in [0.25, 0.3) is 0 Å². The highest BCUT2D eigenvalue weighted by molar-refractivity contribution is 5.40. The number of rotatable bonds is 8. The Morgan fingerprint density at radius 1 is 1.19 bits per heavy atom. The molecule has 0 aromatic heterocycles. The lowest BCUT2D eigenvalue weighted by molar-refractivity contribution is 0.190. The number of hydrogen-bond donors (Lipinski definition) is 1. The Balaban J connectivity index is 2.96. The molecule has 0 heterocycles. The normalized spacial score (nSPS) is 14.3. The van der Waals surface area contributed by atoms with Crippen molar-refractivity contribution in [3.8, 4) is 5.75 Å². The molecule has 1 aromatic rings. The smallest absolute Gasteiger partial charge is 0.126 e. The van der Waals surface area contributed by atoms with E-state index in [4.69, 9.17) is 4.74 Å². The zero-order valence-electron chi connectivity index (χ0n) is 14.3. The van der Waals surface area contributed by atoms with E-state index in [1.54, 1.807) is 13.0 Å². The van der Waals surface area contributed by atoms with E-state index in [1.807, 2.05) is 6.07 Å². The van der Waals surface area contributed by atoms with Crippen LogP contribution in [0.4, 0.5) is 4.39 Å². The molecule has 0 radical (unpaired) electrons. The van der Waals surface area contributed by atoms with Crippen LogP contribution in [0.2, 0.25) is 0 Å². The van der Waals surface area contributed by atoms with E-state index in [2.05, 4.69) is 39.9 Å². The summed E-state index contributed by atoms with van der Waals surface area (Å²) in [5.41, 5.74) is 1.54. The van der Waals surface area contributed by atoms with Crippen LogP contribution < -0.4 is 10.1 Å². The first-order valence-corrected chi connectivity index (χ1v) is 8.05. The lowest BCUT2D eigenvalue weighted by Gasteiger charge is -2.23. The van der Waals surface area contributed by atoms with Crippen LogP contribution in [0.3, 0.4) is 0 Å². The summed E-state index contributed by atoms with van der Waals surface area (Å²) in [6.07, 6.45) is 2.18. The van der Waals surface area contributed by atoms with Crippen LogP contribution in [-0.4, -0.2) is 12.6 Å². The summed E-state index contributed by atoms with van der Waals surface area (Å²) in [5.74, 6) is 1.22. The first-order valence-electron chi connectivity index (χ1n) is 8.05. The van der Waals surface area contributed by atoms with E-state index in [1.165, 1.54) is 0 Å². The van der Waals surface area contributed by atoms with Gasteiger partial charge in [-0.2, -0.15) is 0 Å². The average Bonchev–Trinajstić information content (AvgIpc) is 2.38. The van der Waals surface area contributed by atoms with Crippen LogP contribution in [0.5, 0.6) is 5.75 Å². The first-order chi connectivity index (χ1) is 9.85. The Hall–Kier alpha value is -1.09. The van der Waals surface area contributed by atoms with E-state index in [0.717, 1.165) is 30.7 Å². The summed E-state index contributed by atoms with van der Waals surface area (Å²) in [4.78, 5) is 0. The van der Waals surface area contributed by atoms with Gasteiger partial charge in [0.1, 0.15) is 11.6 Å². The van der Waals surface area contributed by atoms with Gasteiger partial charge < -0.3 is 10.1 Å². The van der Waals surface area contributed by atoms with Crippen LogP contribution in [0.1, 0.15) is 64.6 Å². The summed E-state index contributed by atoms with van der Waals surface area (Å²) in [5, 5.41) is 3.40. The second-order valence-electron chi connectivity index (χ2n) is 6.37. The molecule has 0 fully saturated rings. The summed E-state index contributed by atoms with van der Waals surface area (Å²) in [7, 11) is 0. The fourth-order valence-electron chi connectivity index (χ4n) is 2.51. The van der Waals surface area contributed by atoms with Crippen LogP contribution >= 0.6 is 0 Å². The monoisotopic (exact) mass is 295 g/mol. The Bertz CT molecular complexity index is 445. The Kier molecular flexibility index (Phi) is 7.16. The third-order valence-electron chi connectivity index (χ3n) is 3.59. The van der Waals surface area contributed by atoms with E-state index in [9.17, 15) is 4.39 Å². The molecule has 0 bridgehead atoms. The second kappa shape index (κ2) is 8.38. The third kappa shape index (κ3) is 5.66. The fourth-order valence-corrected chi connectivity index (χ4v) is 2.51. The molecule has 0 aliphatic carbocycles. The number of hydrogen-bond acceptors (Lipinski definition) is 2. The summed E-state index contributed by atoms with van der Waals surface area (Å²) < 4.78 is 20.0. The molecule has 0 aliphatic rings. The highest BCUT2D eigenvalue weighted by atomic mass is 19.1. The van der Waals surface area contributed by atoms with Crippen molar-refractivity contribution in [3.05, 3.63) is 29.1 Å². The topological polar surface area (TPSA) is 21.3 Å². The van der Waals surface area contributed by atoms with Crippen molar-refractivity contribution < 1.29 is 9.13 Å². The van der Waals surface area contributed by atoms with E-state index in [0.29, 0.717) is 11.5 Å². The van der Waals surface area contributed by atoms with Gasteiger partial charge in [0, 0.05) is 11.6 Å². The summed E-state index contributed by atoms with van der Waals surface area (Å²) >= 11 is 0. The molecule has 2 unspecified atom stereocenters. The molecule has 1 N–H and O–H groups in total. The molecule has 0 spiro atoms. The molecule has 1 aromatic carbocycles. The number of aryl methyl sites for hydroxylation is 1. The van der Waals surface area contributed by atoms with Crippen LogP contribution in [0.15, 0.2) is 12.1 Å². The average molecular weight is 295 g/mol. The predicted molar refractivity (Wildman–Crippen MR) is 87.4 cm³/mol. The summed E-state index contributed by atoms with van der Waals surface area (Å²) in [6.45, 7) is 13.3. The molecule has 3 heteroatoms. The quantitative estimate of drug-likeness (QED) is 0.728. The standard InChI is InChI=1S/C18H30FNO/c1-7-8-20-15(6)16-11-17(19)13(4)10-18(16)21-14(5)9-12(2)3/h10-12,14-15,20H,7-9H2,1-6H3. The van der Waals surface area contributed by atoms with Crippen molar-refractivity contribution in [2.45, 2.75) is 66.5 Å².